The van der Waals surface area contributed by atoms with Crippen molar-refractivity contribution in [2.24, 2.45) is 0 Å². The van der Waals surface area contributed by atoms with Crippen molar-refractivity contribution in [3.8, 4) is 0 Å². The van der Waals surface area contributed by atoms with Crippen LogP contribution in [0.5, 0.6) is 0 Å². The van der Waals surface area contributed by atoms with Crippen molar-refractivity contribution in [2.45, 2.75) is 114 Å². The van der Waals surface area contributed by atoms with Gasteiger partial charge in [0, 0.05) is 24.2 Å². The van der Waals surface area contributed by atoms with Crippen LogP contribution in [0.2, 0.25) is 0 Å². The molecule has 0 aromatic heterocycles. The van der Waals surface area contributed by atoms with Gasteiger partial charge in [-0.15, -0.1) is 0 Å². The van der Waals surface area contributed by atoms with E-state index in [1.54, 1.807) is 0 Å². The Hall–Kier alpha value is -0.0800. The molecule has 3 saturated carbocycles. The summed E-state index contributed by atoms with van der Waals surface area (Å²) >= 11 is 0. The Kier molecular flexibility index (Phi) is 5.78. The highest BCUT2D eigenvalue weighted by molar-refractivity contribution is 4.91. The van der Waals surface area contributed by atoms with Crippen molar-refractivity contribution in [1.29, 1.82) is 0 Å². The van der Waals surface area contributed by atoms with E-state index in [2.05, 4.69) is 10.6 Å². The van der Waals surface area contributed by atoms with Gasteiger partial charge in [0.25, 0.3) is 0 Å². The van der Waals surface area contributed by atoms with Crippen LogP contribution < -0.4 is 10.6 Å². The maximum atomic E-state index is 4.03. The van der Waals surface area contributed by atoms with Gasteiger partial charge in [-0.1, -0.05) is 51.4 Å². The third kappa shape index (κ3) is 4.21. The van der Waals surface area contributed by atoms with Crippen LogP contribution in [-0.2, 0) is 0 Å². The largest absolute Gasteiger partial charge is 0.310 e. The van der Waals surface area contributed by atoms with Crippen LogP contribution in [-0.4, -0.2) is 24.2 Å². The molecule has 0 bridgehead atoms. The smallest absolute Gasteiger partial charge is 0.0223 e. The summed E-state index contributed by atoms with van der Waals surface area (Å²) in [6.07, 6.45) is 20.1. The fourth-order valence-corrected chi connectivity index (χ4v) is 4.67. The molecule has 0 aliphatic heterocycles. The average molecular weight is 278 g/mol. The summed E-state index contributed by atoms with van der Waals surface area (Å²) in [6, 6.07) is 3.16. The quantitative estimate of drug-likeness (QED) is 0.807. The molecule has 3 fully saturated rings. The second-order valence-corrected chi connectivity index (χ2v) is 7.50. The zero-order valence-corrected chi connectivity index (χ0v) is 13.2. The van der Waals surface area contributed by atoms with Crippen molar-refractivity contribution in [2.75, 3.05) is 0 Å². The maximum Gasteiger partial charge on any atom is 0.0223 e. The van der Waals surface area contributed by atoms with E-state index < -0.39 is 0 Å². The maximum absolute atomic E-state index is 4.03. The number of hydrogen-bond donors (Lipinski definition) is 2. The fraction of sp³-hybridized carbons (Fsp3) is 1.00. The van der Waals surface area contributed by atoms with Gasteiger partial charge in [0.1, 0.15) is 0 Å². The van der Waals surface area contributed by atoms with Gasteiger partial charge in [0.15, 0.2) is 0 Å². The zero-order chi connectivity index (χ0) is 13.6. The molecule has 0 saturated heterocycles. The standard InChI is InChI=1S/C18H34N2/c1-3-9-15(10-4-1)19-17-13-7-8-14-18(17)20-16-11-5-2-6-12-16/h15-20H,1-14H2/t17-,18-/m0/s1. The first-order valence-electron chi connectivity index (χ1n) is 9.44. The molecule has 2 atom stereocenters. The van der Waals surface area contributed by atoms with Gasteiger partial charge in [0.05, 0.1) is 0 Å². The van der Waals surface area contributed by atoms with Crippen LogP contribution in [0.3, 0.4) is 0 Å². The molecule has 0 amide bonds. The van der Waals surface area contributed by atoms with E-state index in [1.807, 2.05) is 0 Å². The summed E-state index contributed by atoms with van der Waals surface area (Å²) in [5.41, 5.74) is 0. The first-order valence-corrected chi connectivity index (χ1v) is 9.44. The van der Waals surface area contributed by atoms with Crippen molar-refractivity contribution in [3.05, 3.63) is 0 Å². The molecule has 2 heteroatoms. The zero-order valence-electron chi connectivity index (χ0n) is 13.2. The van der Waals surface area contributed by atoms with E-state index in [1.165, 1.54) is 89.9 Å². The van der Waals surface area contributed by atoms with Crippen LogP contribution in [0.25, 0.3) is 0 Å². The van der Waals surface area contributed by atoms with Crippen molar-refractivity contribution in [3.63, 3.8) is 0 Å². The third-order valence-corrected chi connectivity index (χ3v) is 5.88. The van der Waals surface area contributed by atoms with E-state index in [9.17, 15) is 0 Å². The predicted octanol–water partition coefficient (Wildman–Crippen LogP) is 4.14. The first-order chi connectivity index (χ1) is 9.92. The number of nitrogens with one attached hydrogen (secondary N) is 2. The summed E-state index contributed by atoms with van der Waals surface area (Å²) in [5, 5.41) is 8.07. The van der Waals surface area contributed by atoms with Crippen molar-refractivity contribution >= 4 is 0 Å². The van der Waals surface area contributed by atoms with E-state index in [4.69, 9.17) is 0 Å². The average Bonchev–Trinajstić information content (AvgIpc) is 2.51. The molecule has 0 aromatic rings. The minimum atomic E-state index is 0.758. The Bertz CT molecular complexity index is 239. The van der Waals surface area contributed by atoms with Gasteiger partial charge >= 0.3 is 0 Å². The summed E-state index contributed by atoms with van der Waals surface area (Å²) < 4.78 is 0. The Labute approximate surface area is 125 Å². The molecule has 116 valence electrons. The topological polar surface area (TPSA) is 24.1 Å². The minimum Gasteiger partial charge on any atom is -0.310 e. The van der Waals surface area contributed by atoms with Gasteiger partial charge < -0.3 is 10.6 Å². The lowest BCUT2D eigenvalue weighted by atomic mass is 9.86. The highest BCUT2D eigenvalue weighted by Gasteiger charge is 2.29. The lowest BCUT2D eigenvalue weighted by Crippen LogP contribution is -2.55. The molecule has 2 nitrogen and oxygen atoms in total. The van der Waals surface area contributed by atoms with Gasteiger partial charge in [0.2, 0.25) is 0 Å². The second kappa shape index (κ2) is 7.79. The summed E-state index contributed by atoms with van der Waals surface area (Å²) in [5.74, 6) is 0. The molecule has 0 aromatic carbocycles. The number of hydrogen-bond acceptors (Lipinski definition) is 2. The molecule has 3 aliphatic rings. The molecule has 0 radical (unpaired) electrons. The van der Waals surface area contributed by atoms with Gasteiger partial charge in [-0.05, 0) is 38.5 Å². The normalized spacial score (nSPS) is 34.2. The summed E-state index contributed by atoms with van der Waals surface area (Å²) in [4.78, 5) is 0. The monoisotopic (exact) mass is 278 g/mol. The Morgan fingerprint density at radius 2 is 0.750 bits per heavy atom. The van der Waals surface area contributed by atoms with Crippen LogP contribution in [0.15, 0.2) is 0 Å². The lowest BCUT2D eigenvalue weighted by molar-refractivity contribution is 0.214. The molecular weight excluding hydrogens is 244 g/mol. The SMILES string of the molecule is C1CCC(N[C@H]2CCCC[C@@H]2NC2CCCCC2)CC1. The summed E-state index contributed by atoms with van der Waals surface area (Å²) in [7, 11) is 0. The molecular formula is C18H34N2. The van der Waals surface area contributed by atoms with Gasteiger partial charge in [-0.2, -0.15) is 0 Å². The van der Waals surface area contributed by atoms with Crippen LogP contribution in [0.1, 0.15) is 89.9 Å². The van der Waals surface area contributed by atoms with Gasteiger partial charge in [-0.3, -0.25) is 0 Å². The molecule has 20 heavy (non-hydrogen) atoms. The Morgan fingerprint density at radius 1 is 0.400 bits per heavy atom. The van der Waals surface area contributed by atoms with E-state index in [-0.39, 0.29) is 0 Å². The number of rotatable bonds is 4. The first kappa shape index (κ1) is 14.8. The minimum absolute atomic E-state index is 0.758. The molecule has 0 spiro atoms. The van der Waals surface area contributed by atoms with Crippen molar-refractivity contribution < 1.29 is 0 Å². The van der Waals surface area contributed by atoms with Crippen LogP contribution in [0, 0.1) is 0 Å². The van der Waals surface area contributed by atoms with E-state index in [0.717, 1.165) is 24.2 Å². The van der Waals surface area contributed by atoms with Crippen molar-refractivity contribution in [1.82, 2.24) is 10.6 Å². The summed E-state index contributed by atoms with van der Waals surface area (Å²) in [6.45, 7) is 0. The predicted molar refractivity (Wildman–Crippen MR) is 86.1 cm³/mol. The second-order valence-electron chi connectivity index (χ2n) is 7.50. The molecule has 2 N–H and O–H groups in total. The lowest BCUT2D eigenvalue weighted by Gasteiger charge is -2.39. The highest BCUT2D eigenvalue weighted by Crippen LogP contribution is 2.25. The Balaban J connectivity index is 1.49. The van der Waals surface area contributed by atoms with E-state index in [0.29, 0.717) is 0 Å². The third-order valence-electron chi connectivity index (χ3n) is 5.88. The molecule has 3 aliphatic carbocycles. The Morgan fingerprint density at radius 3 is 1.15 bits per heavy atom. The molecule has 0 unspecified atom stereocenters. The molecule has 3 rings (SSSR count). The molecule has 0 heterocycles. The van der Waals surface area contributed by atoms with Crippen LogP contribution in [0.4, 0.5) is 0 Å². The fourth-order valence-electron chi connectivity index (χ4n) is 4.67. The van der Waals surface area contributed by atoms with Gasteiger partial charge in [-0.25, -0.2) is 0 Å². The van der Waals surface area contributed by atoms with E-state index >= 15 is 0 Å². The highest BCUT2D eigenvalue weighted by atomic mass is 15.1. The van der Waals surface area contributed by atoms with Crippen LogP contribution >= 0.6 is 0 Å².